The zero-order valence-electron chi connectivity index (χ0n) is 10.2. The van der Waals surface area contributed by atoms with Crippen LogP contribution in [0.5, 0.6) is 0 Å². The first-order valence-electron chi connectivity index (χ1n) is 6.03. The molecule has 92 valence electrons. The summed E-state index contributed by atoms with van der Waals surface area (Å²) < 4.78 is 1.77. The number of nitrogens with zero attached hydrogens (tertiary/aromatic N) is 4. The summed E-state index contributed by atoms with van der Waals surface area (Å²) in [5, 5.41) is 4.13. The molecule has 0 amide bonds. The number of hydrogen-bond donors (Lipinski definition) is 1. The monoisotopic (exact) mass is 233 g/mol. The van der Waals surface area contributed by atoms with Crippen molar-refractivity contribution in [2.45, 2.75) is 19.3 Å². The summed E-state index contributed by atoms with van der Waals surface area (Å²) in [6.45, 7) is 1.79. The molecule has 0 aliphatic rings. The van der Waals surface area contributed by atoms with Crippen LogP contribution in [0.25, 0.3) is 5.65 Å². The van der Waals surface area contributed by atoms with Gasteiger partial charge in [-0.2, -0.15) is 5.10 Å². The summed E-state index contributed by atoms with van der Waals surface area (Å²) in [6.07, 6.45) is 7.12. The second kappa shape index (κ2) is 5.63. The van der Waals surface area contributed by atoms with E-state index in [0.717, 1.165) is 37.4 Å². The zero-order chi connectivity index (χ0) is 12.1. The third-order valence-electron chi connectivity index (χ3n) is 2.83. The fourth-order valence-electron chi connectivity index (χ4n) is 1.80. The van der Waals surface area contributed by atoms with Crippen LogP contribution in [0.2, 0.25) is 0 Å². The van der Waals surface area contributed by atoms with Crippen LogP contribution >= 0.6 is 0 Å². The van der Waals surface area contributed by atoms with Gasteiger partial charge < -0.3 is 10.6 Å². The molecule has 5 heteroatoms. The average molecular weight is 233 g/mol. The normalized spacial score (nSPS) is 10.9. The van der Waals surface area contributed by atoms with Crippen LogP contribution in [0.15, 0.2) is 24.5 Å². The molecule has 0 spiro atoms. The van der Waals surface area contributed by atoms with Crippen LogP contribution in [0.3, 0.4) is 0 Å². The number of unbranched alkanes of at least 4 members (excludes halogenated alkanes) is 2. The van der Waals surface area contributed by atoms with Gasteiger partial charge in [-0.1, -0.05) is 6.42 Å². The van der Waals surface area contributed by atoms with E-state index in [-0.39, 0.29) is 0 Å². The standard InChI is InChI=1S/C12H19N5/c1-16(9-4-2-3-7-13)11-6-10-17-12(15-11)5-8-14-17/h5-6,8,10H,2-4,7,9,13H2,1H3. The van der Waals surface area contributed by atoms with Crippen LogP contribution in [0.4, 0.5) is 5.82 Å². The van der Waals surface area contributed by atoms with Gasteiger partial charge in [0.15, 0.2) is 5.65 Å². The van der Waals surface area contributed by atoms with Gasteiger partial charge >= 0.3 is 0 Å². The van der Waals surface area contributed by atoms with Crippen molar-refractivity contribution >= 4 is 11.5 Å². The predicted molar refractivity (Wildman–Crippen MR) is 69.2 cm³/mol. The number of fused-ring (bicyclic) bond motifs is 1. The van der Waals surface area contributed by atoms with E-state index in [1.165, 1.54) is 6.42 Å². The van der Waals surface area contributed by atoms with Gasteiger partial charge in [0.1, 0.15) is 5.82 Å². The van der Waals surface area contributed by atoms with Crippen molar-refractivity contribution in [2.24, 2.45) is 5.73 Å². The SMILES string of the molecule is CN(CCCCCN)c1ccn2nccc2n1. The maximum Gasteiger partial charge on any atom is 0.157 e. The predicted octanol–water partition coefficient (Wildman–Crippen LogP) is 1.29. The Morgan fingerprint density at radius 3 is 3.00 bits per heavy atom. The molecule has 5 nitrogen and oxygen atoms in total. The van der Waals surface area contributed by atoms with Crippen LogP contribution in [-0.4, -0.2) is 34.7 Å². The number of hydrogen-bond acceptors (Lipinski definition) is 4. The van der Waals surface area contributed by atoms with Crippen molar-refractivity contribution in [1.29, 1.82) is 0 Å². The molecule has 17 heavy (non-hydrogen) atoms. The topological polar surface area (TPSA) is 59.5 Å². The van der Waals surface area contributed by atoms with Gasteiger partial charge in [0, 0.05) is 25.9 Å². The third kappa shape index (κ3) is 2.94. The van der Waals surface area contributed by atoms with Gasteiger partial charge in [-0.3, -0.25) is 0 Å². The molecule has 0 aliphatic heterocycles. The molecule has 2 aromatic rings. The van der Waals surface area contributed by atoms with E-state index in [1.54, 1.807) is 10.7 Å². The number of anilines is 1. The number of aromatic nitrogens is 3. The molecule has 2 rings (SSSR count). The van der Waals surface area contributed by atoms with Crippen molar-refractivity contribution < 1.29 is 0 Å². The highest BCUT2D eigenvalue weighted by Crippen LogP contribution is 2.11. The smallest absolute Gasteiger partial charge is 0.157 e. The molecule has 0 saturated carbocycles. The minimum atomic E-state index is 0.781. The maximum absolute atomic E-state index is 5.47. The third-order valence-corrected chi connectivity index (χ3v) is 2.83. The first kappa shape index (κ1) is 11.9. The Bertz CT molecular complexity index is 465. The summed E-state index contributed by atoms with van der Waals surface area (Å²) in [4.78, 5) is 6.71. The highest BCUT2D eigenvalue weighted by Gasteiger charge is 2.03. The van der Waals surface area contributed by atoms with E-state index in [0.29, 0.717) is 0 Å². The van der Waals surface area contributed by atoms with Crippen molar-refractivity contribution in [3.05, 3.63) is 24.5 Å². The minimum absolute atomic E-state index is 0.781. The Labute approximate surface area is 101 Å². The fraction of sp³-hybridized carbons (Fsp3) is 0.500. The molecular weight excluding hydrogens is 214 g/mol. The van der Waals surface area contributed by atoms with Gasteiger partial charge in [-0.25, -0.2) is 9.50 Å². The Hall–Kier alpha value is -1.62. The summed E-state index contributed by atoms with van der Waals surface area (Å²) in [5.41, 5.74) is 6.36. The van der Waals surface area contributed by atoms with Crippen molar-refractivity contribution in [2.75, 3.05) is 25.0 Å². The molecule has 0 unspecified atom stereocenters. The lowest BCUT2D eigenvalue weighted by Gasteiger charge is -2.17. The van der Waals surface area contributed by atoms with E-state index >= 15 is 0 Å². The van der Waals surface area contributed by atoms with Crippen LogP contribution in [0, 0.1) is 0 Å². The van der Waals surface area contributed by atoms with Crippen molar-refractivity contribution in [3.8, 4) is 0 Å². The molecule has 0 atom stereocenters. The first-order valence-corrected chi connectivity index (χ1v) is 6.03. The van der Waals surface area contributed by atoms with E-state index in [9.17, 15) is 0 Å². The van der Waals surface area contributed by atoms with Gasteiger partial charge in [-0.15, -0.1) is 0 Å². The summed E-state index contributed by atoms with van der Waals surface area (Å²) in [7, 11) is 2.07. The molecule has 0 aromatic carbocycles. The zero-order valence-corrected chi connectivity index (χ0v) is 10.2. The first-order chi connectivity index (χ1) is 8.31. The lowest BCUT2D eigenvalue weighted by molar-refractivity contribution is 0.676. The second-order valence-corrected chi connectivity index (χ2v) is 4.19. The van der Waals surface area contributed by atoms with Crippen LogP contribution in [-0.2, 0) is 0 Å². The van der Waals surface area contributed by atoms with Crippen molar-refractivity contribution in [1.82, 2.24) is 14.6 Å². The van der Waals surface area contributed by atoms with Gasteiger partial charge in [0.25, 0.3) is 0 Å². The van der Waals surface area contributed by atoms with Crippen LogP contribution < -0.4 is 10.6 Å². The Balaban J connectivity index is 1.95. The highest BCUT2D eigenvalue weighted by atomic mass is 15.3. The largest absolute Gasteiger partial charge is 0.360 e. The molecule has 0 aliphatic carbocycles. The molecule has 0 fully saturated rings. The molecule has 2 aromatic heterocycles. The van der Waals surface area contributed by atoms with Crippen molar-refractivity contribution in [3.63, 3.8) is 0 Å². The Morgan fingerprint density at radius 1 is 1.29 bits per heavy atom. The molecule has 2 heterocycles. The van der Waals surface area contributed by atoms with Gasteiger partial charge in [0.2, 0.25) is 0 Å². The van der Waals surface area contributed by atoms with E-state index in [2.05, 4.69) is 22.0 Å². The minimum Gasteiger partial charge on any atom is -0.360 e. The quantitative estimate of drug-likeness (QED) is 0.764. The molecular formula is C12H19N5. The lowest BCUT2D eigenvalue weighted by Crippen LogP contribution is -2.20. The molecule has 0 saturated heterocycles. The fourth-order valence-corrected chi connectivity index (χ4v) is 1.80. The Kier molecular flexibility index (Phi) is 3.93. The van der Waals surface area contributed by atoms with Crippen LogP contribution in [0.1, 0.15) is 19.3 Å². The molecule has 2 N–H and O–H groups in total. The maximum atomic E-state index is 5.47. The lowest BCUT2D eigenvalue weighted by atomic mass is 10.2. The summed E-state index contributed by atoms with van der Waals surface area (Å²) in [5.74, 6) is 0.991. The molecule has 0 radical (unpaired) electrons. The second-order valence-electron chi connectivity index (χ2n) is 4.19. The molecule has 0 bridgehead atoms. The Morgan fingerprint density at radius 2 is 2.18 bits per heavy atom. The summed E-state index contributed by atoms with van der Waals surface area (Å²) >= 11 is 0. The summed E-state index contributed by atoms with van der Waals surface area (Å²) in [6, 6.07) is 3.90. The number of rotatable bonds is 6. The number of nitrogens with two attached hydrogens (primary N) is 1. The van der Waals surface area contributed by atoms with Gasteiger partial charge in [0.05, 0.1) is 6.20 Å². The highest BCUT2D eigenvalue weighted by molar-refractivity contribution is 5.46. The van der Waals surface area contributed by atoms with E-state index < -0.39 is 0 Å². The van der Waals surface area contributed by atoms with E-state index in [4.69, 9.17) is 5.73 Å². The van der Waals surface area contributed by atoms with Gasteiger partial charge in [-0.05, 0) is 25.5 Å². The van der Waals surface area contributed by atoms with E-state index in [1.807, 2.05) is 18.3 Å². The average Bonchev–Trinajstić information content (AvgIpc) is 2.81.